The van der Waals surface area contributed by atoms with Gasteiger partial charge < -0.3 is 19.4 Å². The topological polar surface area (TPSA) is 67.5 Å². The van der Waals surface area contributed by atoms with Crippen molar-refractivity contribution in [3.63, 3.8) is 0 Å². The van der Waals surface area contributed by atoms with Crippen molar-refractivity contribution in [3.8, 4) is 0 Å². The van der Waals surface area contributed by atoms with E-state index in [9.17, 15) is 10.0 Å². The predicted molar refractivity (Wildman–Crippen MR) is 88.7 cm³/mol. The van der Waals surface area contributed by atoms with Gasteiger partial charge in [-0.05, 0) is 18.2 Å². The van der Waals surface area contributed by atoms with E-state index in [1.165, 1.54) is 0 Å². The first kappa shape index (κ1) is 16.5. The van der Waals surface area contributed by atoms with Crippen LogP contribution in [0.1, 0.15) is 0 Å². The molecule has 8 heteroatoms. The fourth-order valence-corrected chi connectivity index (χ4v) is 2.97. The largest absolute Gasteiger partial charge is 0.506 e. The first-order valence-corrected chi connectivity index (χ1v) is 11.0. The zero-order valence-corrected chi connectivity index (χ0v) is 14.3. The van der Waals surface area contributed by atoms with Gasteiger partial charge in [-0.25, -0.2) is 4.98 Å². The number of halogens is 1. The molecule has 0 saturated heterocycles. The highest BCUT2D eigenvalue weighted by atomic mass is 35.5. The first-order chi connectivity index (χ1) is 9.79. The SMILES string of the molecule is C[Si](C)(C)CCOCn1c(B(O)O)cc2c(Cl)ccnc21. The summed E-state index contributed by atoms with van der Waals surface area (Å²) in [5.41, 5.74) is 0.928. The van der Waals surface area contributed by atoms with Crippen molar-refractivity contribution in [2.45, 2.75) is 32.4 Å². The number of pyridine rings is 1. The minimum absolute atomic E-state index is 0.230. The van der Waals surface area contributed by atoms with E-state index in [1.54, 1.807) is 22.9 Å². The molecule has 2 heterocycles. The number of hydrogen-bond donors (Lipinski definition) is 2. The molecule has 0 aliphatic rings. The summed E-state index contributed by atoms with van der Waals surface area (Å²) in [6.45, 7) is 7.73. The van der Waals surface area contributed by atoms with E-state index in [-0.39, 0.29) is 6.73 Å². The molecule has 0 amide bonds. The van der Waals surface area contributed by atoms with E-state index >= 15 is 0 Å². The second kappa shape index (κ2) is 6.50. The zero-order chi connectivity index (χ0) is 15.6. The van der Waals surface area contributed by atoms with Crippen LogP contribution in [0.3, 0.4) is 0 Å². The van der Waals surface area contributed by atoms with E-state index < -0.39 is 15.2 Å². The van der Waals surface area contributed by atoms with Crippen molar-refractivity contribution in [1.82, 2.24) is 9.55 Å². The van der Waals surface area contributed by atoms with E-state index in [2.05, 4.69) is 24.6 Å². The molecular weight excluding hydrogens is 307 g/mol. The Kier molecular flexibility index (Phi) is 5.11. The predicted octanol–water partition coefficient (Wildman–Crippen LogP) is 1.68. The maximum atomic E-state index is 9.50. The average molecular weight is 327 g/mol. The van der Waals surface area contributed by atoms with Gasteiger partial charge in [-0.1, -0.05) is 31.2 Å². The van der Waals surface area contributed by atoms with E-state index in [4.69, 9.17) is 16.3 Å². The molecule has 5 nitrogen and oxygen atoms in total. The smallest absolute Gasteiger partial charge is 0.422 e. The van der Waals surface area contributed by atoms with Gasteiger partial charge in [-0.3, -0.25) is 0 Å². The quantitative estimate of drug-likeness (QED) is 0.626. The van der Waals surface area contributed by atoms with Gasteiger partial charge in [0.05, 0.1) is 10.6 Å². The summed E-state index contributed by atoms with van der Waals surface area (Å²) < 4.78 is 7.33. The molecule has 0 radical (unpaired) electrons. The van der Waals surface area contributed by atoms with Gasteiger partial charge in [0.1, 0.15) is 12.4 Å². The molecule has 0 spiro atoms. The minimum atomic E-state index is -1.59. The van der Waals surface area contributed by atoms with Crippen LogP contribution in [0.15, 0.2) is 18.3 Å². The molecule has 21 heavy (non-hydrogen) atoms. The van der Waals surface area contributed by atoms with E-state index in [1.807, 2.05) is 0 Å². The lowest BCUT2D eigenvalue weighted by Gasteiger charge is -2.16. The highest BCUT2D eigenvalue weighted by Gasteiger charge is 2.21. The van der Waals surface area contributed by atoms with Crippen molar-refractivity contribution in [2.24, 2.45) is 0 Å². The molecule has 114 valence electrons. The maximum absolute atomic E-state index is 9.50. The number of rotatable bonds is 6. The van der Waals surface area contributed by atoms with Crippen molar-refractivity contribution in [1.29, 1.82) is 0 Å². The number of aromatic nitrogens is 2. The molecule has 0 unspecified atom stereocenters. The minimum Gasteiger partial charge on any atom is -0.422 e. The van der Waals surface area contributed by atoms with Crippen molar-refractivity contribution >= 4 is 43.4 Å². The third kappa shape index (κ3) is 4.08. The Hall–Kier alpha value is -0.858. The third-order valence-electron chi connectivity index (χ3n) is 3.26. The zero-order valence-electron chi connectivity index (χ0n) is 12.5. The molecule has 0 atom stereocenters. The van der Waals surface area contributed by atoms with Gasteiger partial charge in [-0.2, -0.15) is 0 Å². The van der Waals surface area contributed by atoms with E-state index in [0.717, 1.165) is 6.04 Å². The second-order valence-electron chi connectivity index (χ2n) is 6.25. The second-order valence-corrected chi connectivity index (χ2v) is 12.3. The summed E-state index contributed by atoms with van der Waals surface area (Å²) in [7, 11) is -2.73. The summed E-state index contributed by atoms with van der Waals surface area (Å²) >= 11 is 6.12. The van der Waals surface area contributed by atoms with Crippen LogP contribution < -0.4 is 5.59 Å². The Morgan fingerprint density at radius 1 is 1.38 bits per heavy atom. The molecule has 2 N–H and O–H groups in total. The third-order valence-corrected chi connectivity index (χ3v) is 5.29. The van der Waals surface area contributed by atoms with Gasteiger partial charge >= 0.3 is 7.12 Å². The Morgan fingerprint density at radius 3 is 2.71 bits per heavy atom. The van der Waals surface area contributed by atoms with E-state index in [0.29, 0.717) is 28.3 Å². The summed E-state index contributed by atoms with van der Waals surface area (Å²) in [6.07, 6.45) is 1.59. The Bertz CT molecular complexity index is 628. The van der Waals surface area contributed by atoms with Crippen LogP contribution in [0.4, 0.5) is 0 Å². The van der Waals surface area contributed by atoms with Gasteiger partial charge in [-0.15, -0.1) is 0 Å². The average Bonchev–Trinajstić information content (AvgIpc) is 2.74. The number of ether oxygens (including phenoxy) is 1. The summed E-state index contributed by atoms with van der Waals surface area (Å²) in [4.78, 5) is 4.26. The lowest BCUT2D eigenvalue weighted by atomic mass is 9.86. The molecule has 0 saturated carbocycles. The lowest BCUT2D eigenvalue weighted by molar-refractivity contribution is 0.0912. The van der Waals surface area contributed by atoms with Crippen LogP contribution in [0.5, 0.6) is 0 Å². The van der Waals surface area contributed by atoms with Crippen molar-refractivity contribution < 1.29 is 14.8 Å². The Labute approximate surface area is 130 Å². The molecule has 0 fully saturated rings. The Morgan fingerprint density at radius 2 is 2.10 bits per heavy atom. The molecule has 0 bridgehead atoms. The van der Waals surface area contributed by atoms with Crippen molar-refractivity contribution in [3.05, 3.63) is 23.4 Å². The lowest BCUT2D eigenvalue weighted by Crippen LogP contribution is -2.36. The van der Waals surface area contributed by atoms with Crippen LogP contribution in [-0.2, 0) is 11.5 Å². The number of fused-ring (bicyclic) bond motifs is 1. The summed E-state index contributed by atoms with van der Waals surface area (Å²) in [5.74, 6) is 0. The standard InChI is InChI=1S/C13H20BClN2O3Si/c1-21(2,3)7-6-20-9-17-12(14(18)19)8-10-11(15)4-5-16-13(10)17/h4-5,8,18-19H,6-7,9H2,1-3H3. The highest BCUT2D eigenvalue weighted by molar-refractivity contribution is 6.76. The summed E-state index contributed by atoms with van der Waals surface area (Å²) in [6, 6.07) is 4.36. The van der Waals surface area contributed by atoms with Crippen LogP contribution in [-0.4, -0.2) is 41.4 Å². The first-order valence-electron chi connectivity index (χ1n) is 6.87. The number of hydrogen-bond acceptors (Lipinski definition) is 4. The fraction of sp³-hybridized carbons (Fsp3) is 0.462. The van der Waals surface area contributed by atoms with Gasteiger partial charge in [0.25, 0.3) is 0 Å². The molecule has 0 aliphatic heterocycles. The van der Waals surface area contributed by atoms with Crippen LogP contribution in [0.25, 0.3) is 11.0 Å². The van der Waals surface area contributed by atoms with Gasteiger partial charge in [0.15, 0.2) is 0 Å². The van der Waals surface area contributed by atoms with Crippen LogP contribution in [0, 0.1) is 0 Å². The molecule has 0 aromatic carbocycles. The Balaban J connectivity index is 2.21. The fourth-order valence-electron chi connectivity index (χ4n) is 2.02. The normalized spacial score (nSPS) is 12.1. The monoisotopic (exact) mass is 326 g/mol. The summed E-state index contributed by atoms with van der Waals surface area (Å²) in [5, 5.41) is 20.2. The molecular formula is C13H20BClN2O3Si. The van der Waals surface area contributed by atoms with Gasteiger partial charge in [0.2, 0.25) is 0 Å². The van der Waals surface area contributed by atoms with Crippen LogP contribution >= 0.6 is 11.6 Å². The molecule has 2 aromatic heterocycles. The molecule has 2 aromatic rings. The van der Waals surface area contributed by atoms with Crippen LogP contribution in [0.2, 0.25) is 30.7 Å². The number of nitrogens with zero attached hydrogens (tertiary/aromatic N) is 2. The highest BCUT2D eigenvalue weighted by Crippen LogP contribution is 2.21. The van der Waals surface area contributed by atoms with Crippen molar-refractivity contribution in [2.75, 3.05) is 6.61 Å². The molecule has 0 aliphatic carbocycles. The molecule has 2 rings (SSSR count). The van der Waals surface area contributed by atoms with Gasteiger partial charge in [0, 0.05) is 26.3 Å². The maximum Gasteiger partial charge on any atom is 0.506 e.